The molecule has 0 atom stereocenters. The molecule has 0 aliphatic heterocycles. The summed E-state index contributed by atoms with van der Waals surface area (Å²) in [6.45, 7) is 0.577. The summed E-state index contributed by atoms with van der Waals surface area (Å²) < 4.78 is 5.07. The van der Waals surface area contributed by atoms with Crippen molar-refractivity contribution in [1.29, 1.82) is 0 Å². The summed E-state index contributed by atoms with van der Waals surface area (Å²) in [6.07, 6.45) is 0. The second-order valence-electron chi connectivity index (χ2n) is 3.22. The zero-order chi connectivity index (χ0) is 11.4. The molecule has 2 rings (SSSR count). The Morgan fingerprint density at radius 3 is 2.62 bits per heavy atom. The largest absolute Gasteiger partial charge is 0.497 e. The number of hydrogen-bond acceptors (Lipinski definition) is 4. The maximum Gasteiger partial charge on any atom is 0.189 e. The van der Waals surface area contributed by atoms with Crippen LogP contribution in [0.5, 0.6) is 5.75 Å². The molecule has 0 aliphatic rings. The maximum absolute atomic E-state index is 5.59. The lowest BCUT2D eigenvalue weighted by molar-refractivity contribution is 0.414. The summed E-state index contributed by atoms with van der Waals surface area (Å²) in [5.74, 6) is 1.65. The number of nitrogens with zero attached hydrogens (tertiary/aromatic N) is 4. The monoisotopic (exact) mass is 238 g/mol. The summed E-state index contributed by atoms with van der Waals surface area (Å²) in [7, 11) is 1.64. The summed E-state index contributed by atoms with van der Waals surface area (Å²) in [4.78, 5) is 1.51. The molecule has 0 N–H and O–H groups in total. The van der Waals surface area contributed by atoms with Crippen molar-refractivity contribution in [2.24, 2.45) is 0 Å². The third-order valence-corrected chi connectivity index (χ3v) is 2.34. The molecule has 84 valence electrons. The molecule has 0 saturated heterocycles. The lowest BCUT2D eigenvalue weighted by atomic mass is 10.2. The molecule has 6 heteroatoms. The first kappa shape index (κ1) is 10.9. The SMILES string of the molecule is COc1ccc(Cn2nnc(CCl)n2)cc1. The van der Waals surface area contributed by atoms with E-state index in [1.807, 2.05) is 24.3 Å². The third-order valence-electron chi connectivity index (χ3n) is 2.10. The first-order valence-electron chi connectivity index (χ1n) is 4.77. The van der Waals surface area contributed by atoms with Crippen LogP contribution in [0.1, 0.15) is 11.4 Å². The van der Waals surface area contributed by atoms with E-state index in [-0.39, 0.29) is 5.88 Å². The summed E-state index contributed by atoms with van der Waals surface area (Å²) in [5, 5.41) is 11.8. The highest BCUT2D eigenvalue weighted by atomic mass is 35.5. The molecule has 1 heterocycles. The minimum absolute atomic E-state index is 0.280. The zero-order valence-electron chi connectivity index (χ0n) is 8.80. The molecule has 5 nitrogen and oxygen atoms in total. The van der Waals surface area contributed by atoms with Crippen molar-refractivity contribution in [2.45, 2.75) is 12.4 Å². The summed E-state index contributed by atoms with van der Waals surface area (Å²) in [6, 6.07) is 7.72. The Balaban J connectivity index is 2.08. The fourth-order valence-electron chi connectivity index (χ4n) is 1.29. The number of rotatable bonds is 4. The highest BCUT2D eigenvalue weighted by Crippen LogP contribution is 2.11. The number of hydrogen-bond donors (Lipinski definition) is 0. The Morgan fingerprint density at radius 2 is 2.06 bits per heavy atom. The van der Waals surface area contributed by atoms with Gasteiger partial charge in [0.1, 0.15) is 5.75 Å². The van der Waals surface area contributed by atoms with Gasteiger partial charge < -0.3 is 4.74 Å². The number of tetrazole rings is 1. The van der Waals surface area contributed by atoms with E-state index in [9.17, 15) is 0 Å². The van der Waals surface area contributed by atoms with Crippen LogP contribution in [0, 0.1) is 0 Å². The minimum atomic E-state index is 0.280. The van der Waals surface area contributed by atoms with Gasteiger partial charge in [0, 0.05) is 0 Å². The smallest absolute Gasteiger partial charge is 0.189 e. The first-order chi connectivity index (χ1) is 7.81. The van der Waals surface area contributed by atoms with Crippen molar-refractivity contribution in [3.63, 3.8) is 0 Å². The highest BCUT2D eigenvalue weighted by Gasteiger charge is 2.02. The molecule has 0 saturated carbocycles. The normalized spacial score (nSPS) is 10.4. The molecule has 0 bridgehead atoms. The van der Waals surface area contributed by atoms with Crippen molar-refractivity contribution in [2.75, 3.05) is 7.11 Å². The molecular formula is C10H11ClN4O. The van der Waals surface area contributed by atoms with E-state index in [2.05, 4.69) is 15.4 Å². The summed E-state index contributed by atoms with van der Waals surface area (Å²) >= 11 is 5.59. The van der Waals surface area contributed by atoms with Crippen LogP contribution in [-0.4, -0.2) is 27.3 Å². The molecule has 0 spiro atoms. The average Bonchev–Trinajstić information content (AvgIpc) is 2.78. The van der Waals surface area contributed by atoms with Gasteiger partial charge >= 0.3 is 0 Å². The molecule has 1 aromatic carbocycles. The number of aromatic nitrogens is 4. The highest BCUT2D eigenvalue weighted by molar-refractivity contribution is 6.16. The third kappa shape index (κ3) is 2.49. The predicted octanol–water partition coefficient (Wildman–Crippen LogP) is 1.47. The van der Waals surface area contributed by atoms with Crippen LogP contribution in [0.15, 0.2) is 24.3 Å². The van der Waals surface area contributed by atoms with Crippen LogP contribution in [0.3, 0.4) is 0 Å². The first-order valence-corrected chi connectivity index (χ1v) is 5.31. The fraction of sp³-hybridized carbons (Fsp3) is 0.300. The van der Waals surface area contributed by atoms with Crippen LogP contribution in [-0.2, 0) is 12.4 Å². The van der Waals surface area contributed by atoms with Gasteiger partial charge in [-0.15, -0.1) is 21.8 Å². The van der Waals surface area contributed by atoms with E-state index in [1.54, 1.807) is 7.11 Å². The van der Waals surface area contributed by atoms with Gasteiger partial charge in [0.15, 0.2) is 5.82 Å². The summed E-state index contributed by atoms with van der Waals surface area (Å²) in [5.41, 5.74) is 1.08. The molecule has 1 aromatic heterocycles. The number of methoxy groups -OCH3 is 1. The quantitative estimate of drug-likeness (QED) is 0.757. The second-order valence-corrected chi connectivity index (χ2v) is 3.49. The van der Waals surface area contributed by atoms with Crippen molar-refractivity contribution in [3.05, 3.63) is 35.7 Å². The van der Waals surface area contributed by atoms with E-state index in [0.29, 0.717) is 12.4 Å². The van der Waals surface area contributed by atoms with Crippen LogP contribution in [0.25, 0.3) is 0 Å². The standard InChI is InChI=1S/C10H11ClN4O/c1-16-9-4-2-8(3-5-9)7-15-13-10(6-11)12-14-15/h2-5H,6-7H2,1H3. The van der Waals surface area contributed by atoms with Gasteiger partial charge in [-0.25, -0.2) is 0 Å². The van der Waals surface area contributed by atoms with E-state index >= 15 is 0 Å². The number of benzene rings is 1. The molecular weight excluding hydrogens is 228 g/mol. The van der Waals surface area contributed by atoms with Crippen LogP contribution < -0.4 is 4.74 Å². The lowest BCUT2D eigenvalue weighted by Gasteiger charge is -2.01. The Morgan fingerprint density at radius 1 is 1.31 bits per heavy atom. The van der Waals surface area contributed by atoms with Gasteiger partial charge in [-0.3, -0.25) is 0 Å². The molecule has 0 amide bonds. The fourth-order valence-corrected chi connectivity index (χ4v) is 1.40. The van der Waals surface area contributed by atoms with Crippen molar-refractivity contribution in [3.8, 4) is 5.75 Å². The molecule has 0 radical (unpaired) electrons. The van der Waals surface area contributed by atoms with E-state index in [0.717, 1.165) is 11.3 Å². The molecule has 0 unspecified atom stereocenters. The van der Waals surface area contributed by atoms with Gasteiger partial charge in [0.05, 0.1) is 19.5 Å². The molecule has 0 fully saturated rings. The van der Waals surface area contributed by atoms with Crippen molar-refractivity contribution in [1.82, 2.24) is 20.2 Å². The Hall–Kier alpha value is -1.62. The van der Waals surface area contributed by atoms with Crippen LogP contribution in [0.2, 0.25) is 0 Å². The van der Waals surface area contributed by atoms with Crippen molar-refractivity contribution >= 4 is 11.6 Å². The topological polar surface area (TPSA) is 52.8 Å². The Kier molecular flexibility index (Phi) is 3.36. The minimum Gasteiger partial charge on any atom is -0.497 e. The lowest BCUT2D eigenvalue weighted by Crippen LogP contribution is -2.04. The Labute approximate surface area is 98.0 Å². The zero-order valence-corrected chi connectivity index (χ0v) is 9.55. The number of halogens is 1. The van der Waals surface area contributed by atoms with Crippen LogP contribution >= 0.6 is 11.6 Å². The average molecular weight is 239 g/mol. The maximum atomic E-state index is 5.59. The van der Waals surface area contributed by atoms with Crippen LogP contribution in [0.4, 0.5) is 0 Å². The second kappa shape index (κ2) is 4.94. The van der Waals surface area contributed by atoms with Gasteiger partial charge in [0.25, 0.3) is 0 Å². The van der Waals surface area contributed by atoms with E-state index in [1.165, 1.54) is 4.80 Å². The van der Waals surface area contributed by atoms with Gasteiger partial charge in [-0.05, 0) is 22.9 Å². The van der Waals surface area contributed by atoms with Gasteiger partial charge in [-0.1, -0.05) is 12.1 Å². The molecule has 16 heavy (non-hydrogen) atoms. The van der Waals surface area contributed by atoms with Gasteiger partial charge in [-0.2, -0.15) is 4.80 Å². The number of ether oxygens (including phenoxy) is 1. The van der Waals surface area contributed by atoms with E-state index < -0.39 is 0 Å². The predicted molar refractivity (Wildman–Crippen MR) is 59.5 cm³/mol. The molecule has 2 aromatic rings. The van der Waals surface area contributed by atoms with E-state index in [4.69, 9.17) is 16.3 Å². The van der Waals surface area contributed by atoms with Gasteiger partial charge in [0.2, 0.25) is 0 Å². The Bertz CT molecular complexity index is 454. The number of alkyl halides is 1. The molecule has 0 aliphatic carbocycles. The van der Waals surface area contributed by atoms with Crippen molar-refractivity contribution < 1.29 is 4.74 Å².